The van der Waals surface area contributed by atoms with Crippen LogP contribution < -0.4 is 0 Å². The number of hydrogen-bond acceptors (Lipinski definition) is 3. The number of non-ortho nitro benzene ring substituents is 1. The lowest BCUT2D eigenvalue weighted by Crippen LogP contribution is -1.88. The number of nitro groups is 1. The van der Waals surface area contributed by atoms with E-state index in [9.17, 15) is 14.5 Å². The van der Waals surface area contributed by atoms with Gasteiger partial charge in [0, 0.05) is 18.3 Å². The highest BCUT2D eigenvalue weighted by Crippen LogP contribution is 2.17. The number of benzene rings is 2. The predicted molar refractivity (Wildman–Crippen MR) is 71.5 cm³/mol. The van der Waals surface area contributed by atoms with Crippen molar-refractivity contribution in [1.82, 2.24) is 0 Å². The van der Waals surface area contributed by atoms with Crippen molar-refractivity contribution in [3.05, 3.63) is 69.5 Å². The van der Waals surface area contributed by atoms with Crippen molar-refractivity contribution < 1.29 is 9.31 Å². The Bertz CT molecular complexity index is 636. The van der Waals surface area contributed by atoms with Crippen molar-refractivity contribution in [2.75, 3.05) is 0 Å². The third-order valence-corrected chi connectivity index (χ3v) is 2.62. The summed E-state index contributed by atoms with van der Waals surface area (Å²) in [5.41, 5.74) is 1.81. The summed E-state index contributed by atoms with van der Waals surface area (Å²) >= 11 is 0. The maximum atomic E-state index is 13.3. The number of rotatable bonds is 3. The molecule has 96 valence electrons. The second-order valence-electron chi connectivity index (χ2n) is 4.04. The van der Waals surface area contributed by atoms with Gasteiger partial charge >= 0.3 is 0 Å². The van der Waals surface area contributed by atoms with E-state index in [1.54, 1.807) is 31.2 Å². The lowest BCUT2D eigenvalue weighted by Gasteiger charge is -1.98. The normalized spacial score (nSPS) is 10.8. The van der Waals surface area contributed by atoms with Crippen LogP contribution in [-0.2, 0) is 0 Å². The van der Waals surface area contributed by atoms with Crippen LogP contribution in [0, 0.1) is 22.9 Å². The average molecular weight is 258 g/mol. The largest absolute Gasteiger partial charge is 0.269 e. The smallest absolute Gasteiger partial charge is 0.258 e. The molecule has 0 aromatic heterocycles. The van der Waals surface area contributed by atoms with Crippen molar-refractivity contribution in [2.45, 2.75) is 6.92 Å². The first-order chi connectivity index (χ1) is 9.06. The van der Waals surface area contributed by atoms with Crippen molar-refractivity contribution in [3.8, 4) is 0 Å². The summed E-state index contributed by atoms with van der Waals surface area (Å²) in [7, 11) is 0. The molecule has 0 saturated heterocycles. The molecule has 4 nitrogen and oxygen atoms in total. The van der Waals surface area contributed by atoms with Crippen LogP contribution >= 0.6 is 0 Å². The van der Waals surface area contributed by atoms with Crippen LogP contribution in [-0.4, -0.2) is 11.1 Å². The van der Waals surface area contributed by atoms with E-state index in [-0.39, 0.29) is 11.5 Å². The third kappa shape index (κ3) is 3.22. The van der Waals surface area contributed by atoms with Crippen LogP contribution in [0.1, 0.15) is 11.1 Å². The SMILES string of the molecule is Cc1ccc(N=Cc2ccc([N+](=O)[O-])cc2)cc1F. The highest BCUT2D eigenvalue weighted by atomic mass is 19.1. The Morgan fingerprint density at radius 2 is 1.89 bits per heavy atom. The summed E-state index contributed by atoms with van der Waals surface area (Å²) in [5, 5.41) is 10.5. The molecule has 2 aromatic carbocycles. The molecule has 0 aliphatic heterocycles. The first-order valence-corrected chi connectivity index (χ1v) is 5.61. The molecule has 0 atom stereocenters. The van der Waals surface area contributed by atoms with E-state index in [4.69, 9.17) is 0 Å². The summed E-state index contributed by atoms with van der Waals surface area (Å²) in [6.45, 7) is 1.68. The van der Waals surface area contributed by atoms with Gasteiger partial charge in [0.25, 0.3) is 5.69 Å². The van der Waals surface area contributed by atoms with E-state index in [2.05, 4.69) is 4.99 Å². The maximum absolute atomic E-state index is 13.3. The molecule has 5 heteroatoms. The minimum absolute atomic E-state index is 0.0264. The standard InChI is InChI=1S/C14H11FN2O2/c1-10-2-5-12(8-14(10)15)16-9-11-3-6-13(7-4-11)17(18)19/h2-9H,1H3. The molecule has 0 aliphatic rings. The molecule has 0 fully saturated rings. The van der Waals surface area contributed by atoms with Crippen LogP contribution in [0.2, 0.25) is 0 Å². The van der Waals surface area contributed by atoms with Crippen molar-refractivity contribution >= 4 is 17.6 Å². The Morgan fingerprint density at radius 1 is 1.21 bits per heavy atom. The van der Waals surface area contributed by atoms with E-state index >= 15 is 0 Å². The molecule has 0 spiro atoms. The van der Waals surface area contributed by atoms with Crippen LogP contribution in [0.15, 0.2) is 47.5 Å². The predicted octanol–water partition coefficient (Wildman–Crippen LogP) is 3.79. The topological polar surface area (TPSA) is 55.5 Å². The number of nitro benzene ring substituents is 1. The fraction of sp³-hybridized carbons (Fsp3) is 0.0714. The lowest BCUT2D eigenvalue weighted by atomic mass is 10.2. The summed E-state index contributed by atoms with van der Waals surface area (Å²) in [6, 6.07) is 10.7. The van der Waals surface area contributed by atoms with E-state index in [1.165, 1.54) is 24.4 Å². The Labute approximate surface area is 109 Å². The molecule has 0 bridgehead atoms. The molecule has 0 heterocycles. The first kappa shape index (κ1) is 12.9. The monoisotopic (exact) mass is 258 g/mol. The van der Waals surface area contributed by atoms with Crippen molar-refractivity contribution in [1.29, 1.82) is 0 Å². The number of nitrogens with zero attached hydrogens (tertiary/aromatic N) is 2. The van der Waals surface area contributed by atoms with E-state index < -0.39 is 4.92 Å². The van der Waals surface area contributed by atoms with Crippen molar-refractivity contribution in [2.24, 2.45) is 4.99 Å². The third-order valence-electron chi connectivity index (χ3n) is 2.62. The highest BCUT2D eigenvalue weighted by molar-refractivity contribution is 5.82. The Kier molecular flexibility index (Phi) is 3.66. The quantitative estimate of drug-likeness (QED) is 0.477. The van der Waals surface area contributed by atoms with E-state index in [0.29, 0.717) is 16.8 Å². The van der Waals surface area contributed by atoms with Crippen molar-refractivity contribution in [3.63, 3.8) is 0 Å². The summed E-state index contributed by atoms with van der Waals surface area (Å²) in [4.78, 5) is 14.1. The fourth-order valence-corrected chi connectivity index (χ4v) is 1.49. The van der Waals surface area contributed by atoms with Crippen LogP contribution in [0.3, 0.4) is 0 Å². The second kappa shape index (κ2) is 5.39. The minimum Gasteiger partial charge on any atom is -0.258 e. The number of aryl methyl sites for hydroxylation is 1. The fourth-order valence-electron chi connectivity index (χ4n) is 1.49. The molecule has 0 aliphatic carbocycles. The van der Waals surface area contributed by atoms with Gasteiger partial charge in [0.15, 0.2) is 0 Å². The zero-order valence-corrected chi connectivity index (χ0v) is 10.2. The van der Waals surface area contributed by atoms with Gasteiger partial charge < -0.3 is 0 Å². The second-order valence-corrected chi connectivity index (χ2v) is 4.04. The van der Waals surface area contributed by atoms with Gasteiger partial charge in [0.1, 0.15) is 5.82 Å². The van der Waals surface area contributed by atoms with E-state index in [1.807, 2.05) is 0 Å². The molecule has 0 saturated carbocycles. The van der Waals surface area contributed by atoms with Gasteiger partial charge in [-0.3, -0.25) is 15.1 Å². The van der Waals surface area contributed by atoms with Gasteiger partial charge in [0.05, 0.1) is 10.6 Å². The molecule has 2 aromatic rings. The Hall–Kier alpha value is -2.56. The zero-order valence-electron chi connectivity index (χ0n) is 10.2. The van der Waals surface area contributed by atoms with Gasteiger partial charge in [0.2, 0.25) is 0 Å². The number of aliphatic imine (C=N–C) groups is 1. The van der Waals surface area contributed by atoms with Gasteiger partial charge in [-0.25, -0.2) is 4.39 Å². The molecule has 0 N–H and O–H groups in total. The zero-order chi connectivity index (χ0) is 13.8. The highest BCUT2D eigenvalue weighted by Gasteiger charge is 2.02. The molecule has 19 heavy (non-hydrogen) atoms. The summed E-state index contributed by atoms with van der Waals surface area (Å²) in [5.74, 6) is -0.307. The average Bonchev–Trinajstić information content (AvgIpc) is 2.40. The molecular formula is C14H11FN2O2. The molecule has 2 rings (SSSR count). The van der Waals surface area contributed by atoms with Gasteiger partial charge in [-0.2, -0.15) is 0 Å². The molecule has 0 unspecified atom stereocenters. The Morgan fingerprint density at radius 3 is 2.47 bits per heavy atom. The van der Waals surface area contributed by atoms with E-state index in [0.717, 1.165) is 0 Å². The summed E-state index contributed by atoms with van der Waals surface area (Å²) < 4.78 is 13.3. The van der Waals surface area contributed by atoms with Gasteiger partial charge in [-0.1, -0.05) is 6.07 Å². The first-order valence-electron chi connectivity index (χ1n) is 5.61. The van der Waals surface area contributed by atoms with Crippen LogP contribution in [0.5, 0.6) is 0 Å². The van der Waals surface area contributed by atoms with Gasteiger partial charge in [-0.05, 0) is 42.3 Å². The molecular weight excluding hydrogens is 247 g/mol. The number of halogens is 1. The molecule has 0 radical (unpaired) electrons. The van der Waals surface area contributed by atoms with Crippen LogP contribution in [0.4, 0.5) is 15.8 Å². The van der Waals surface area contributed by atoms with Crippen LogP contribution in [0.25, 0.3) is 0 Å². The minimum atomic E-state index is -0.462. The maximum Gasteiger partial charge on any atom is 0.269 e. The number of hydrogen-bond donors (Lipinski definition) is 0. The van der Waals surface area contributed by atoms with Gasteiger partial charge in [-0.15, -0.1) is 0 Å². The molecule has 0 amide bonds. The summed E-state index contributed by atoms with van der Waals surface area (Å²) in [6.07, 6.45) is 1.54. The lowest BCUT2D eigenvalue weighted by molar-refractivity contribution is -0.384. The Balaban J connectivity index is 2.17.